The Hall–Kier alpha value is -0.970. The van der Waals surface area contributed by atoms with E-state index in [0.29, 0.717) is 5.56 Å². The van der Waals surface area contributed by atoms with Crippen LogP contribution in [-0.4, -0.2) is 23.1 Å². The van der Waals surface area contributed by atoms with E-state index in [1.807, 2.05) is 0 Å². The number of sulfone groups is 1. The topological polar surface area (TPSA) is 80.3 Å². The highest BCUT2D eigenvalue weighted by atomic mass is 127. The fourth-order valence-electron chi connectivity index (χ4n) is 1.73. The maximum Gasteiger partial charge on any atom is 0.240 e. The van der Waals surface area contributed by atoms with E-state index in [-0.39, 0.29) is 16.3 Å². The van der Waals surface area contributed by atoms with Crippen LogP contribution >= 0.6 is 22.6 Å². The Morgan fingerprint density at radius 1 is 0.864 bits per heavy atom. The zero-order valence-corrected chi connectivity index (χ0v) is 15.4. The predicted octanol–water partition coefficient (Wildman–Crippen LogP) is 2.17. The van der Waals surface area contributed by atoms with Gasteiger partial charge in [0, 0.05) is 16.4 Å². The molecule has 0 aliphatic rings. The zero-order valence-electron chi connectivity index (χ0n) is 11.7. The summed E-state index contributed by atoms with van der Waals surface area (Å²) in [6.07, 6.45) is 1.13. The van der Waals surface area contributed by atoms with Crippen LogP contribution in [0.3, 0.4) is 0 Å². The van der Waals surface area contributed by atoms with Crippen LogP contribution in [0, 0.1) is 3.57 Å². The van der Waals surface area contributed by atoms with E-state index < -0.39 is 19.9 Å². The van der Waals surface area contributed by atoms with Crippen molar-refractivity contribution in [2.75, 3.05) is 6.26 Å². The minimum atomic E-state index is -3.59. The molecule has 0 saturated carbocycles. The number of sulfonamides is 1. The molecule has 2 aromatic rings. The largest absolute Gasteiger partial charge is 0.240 e. The standard InChI is InChI=1S/C14H14INO4S2/c1-21(17,18)13-6-2-11(3-7-13)10-16-22(19,20)14-8-4-12(15)5-9-14/h2-9,16H,10H2,1H3. The summed E-state index contributed by atoms with van der Waals surface area (Å²) >= 11 is 2.10. The Labute approximate surface area is 143 Å². The quantitative estimate of drug-likeness (QED) is 0.707. The summed E-state index contributed by atoms with van der Waals surface area (Å²) in [6, 6.07) is 12.6. The monoisotopic (exact) mass is 451 g/mol. The van der Waals surface area contributed by atoms with Crippen molar-refractivity contribution >= 4 is 42.5 Å². The van der Waals surface area contributed by atoms with Crippen LogP contribution in [-0.2, 0) is 26.4 Å². The lowest BCUT2D eigenvalue weighted by molar-refractivity contribution is 0.581. The second-order valence-electron chi connectivity index (χ2n) is 4.69. The van der Waals surface area contributed by atoms with E-state index in [4.69, 9.17) is 0 Å². The van der Waals surface area contributed by atoms with Crippen molar-refractivity contribution in [2.24, 2.45) is 0 Å². The molecule has 0 radical (unpaired) electrons. The van der Waals surface area contributed by atoms with Gasteiger partial charge in [0.2, 0.25) is 10.0 Å². The molecule has 0 heterocycles. The van der Waals surface area contributed by atoms with Crippen molar-refractivity contribution in [1.29, 1.82) is 0 Å². The van der Waals surface area contributed by atoms with E-state index in [2.05, 4.69) is 27.3 Å². The third-order valence-electron chi connectivity index (χ3n) is 2.94. The van der Waals surface area contributed by atoms with Gasteiger partial charge in [0.15, 0.2) is 9.84 Å². The van der Waals surface area contributed by atoms with Gasteiger partial charge in [-0.2, -0.15) is 0 Å². The molecule has 118 valence electrons. The molecular weight excluding hydrogens is 437 g/mol. The van der Waals surface area contributed by atoms with Crippen LogP contribution in [0.1, 0.15) is 5.56 Å². The fraction of sp³-hybridized carbons (Fsp3) is 0.143. The predicted molar refractivity (Wildman–Crippen MR) is 92.7 cm³/mol. The number of benzene rings is 2. The maximum atomic E-state index is 12.1. The number of halogens is 1. The molecular formula is C14H14INO4S2. The molecule has 2 aromatic carbocycles. The average molecular weight is 451 g/mol. The molecule has 0 aliphatic heterocycles. The second kappa shape index (κ2) is 6.65. The molecule has 0 aromatic heterocycles. The molecule has 2 rings (SSSR count). The summed E-state index contributed by atoms with van der Waals surface area (Å²) in [5.74, 6) is 0. The molecule has 0 amide bonds. The first-order valence-electron chi connectivity index (χ1n) is 6.23. The fourth-order valence-corrected chi connectivity index (χ4v) is 3.74. The third kappa shape index (κ3) is 4.51. The highest BCUT2D eigenvalue weighted by molar-refractivity contribution is 14.1. The number of hydrogen-bond acceptors (Lipinski definition) is 4. The van der Waals surface area contributed by atoms with Gasteiger partial charge in [-0.3, -0.25) is 0 Å². The number of rotatable bonds is 5. The van der Waals surface area contributed by atoms with Crippen molar-refractivity contribution in [3.8, 4) is 0 Å². The van der Waals surface area contributed by atoms with E-state index >= 15 is 0 Å². The highest BCUT2D eigenvalue weighted by Gasteiger charge is 2.13. The molecule has 1 N–H and O–H groups in total. The molecule has 8 heteroatoms. The van der Waals surface area contributed by atoms with E-state index in [9.17, 15) is 16.8 Å². The van der Waals surface area contributed by atoms with Gasteiger partial charge in [0.05, 0.1) is 9.79 Å². The summed E-state index contributed by atoms with van der Waals surface area (Å²) in [5, 5.41) is 0. The van der Waals surface area contributed by atoms with Crippen molar-refractivity contribution in [3.63, 3.8) is 0 Å². The van der Waals surface area contributed by atoms with Gasteiger partial charge in [0.25, 0.3) is 0 Å². The normalized spacial score (nSPS) is 12.3. The average Bonchev–Trinajstić information content (AvgIpc) is 2.45. The molecule has 0 bridgehead atoms. The van der Waals surface area contributed by atoms with Crippen LogP contribution in [0.5, 0.6) is 0 Å². The molecule has 0 fully saturated rings. The van der Waals surface area contributed by atoms with Crippen LogP contribution < -0.4 is 4.72 Å². The van der Waals surface area contributed by atoms with Gasteiger partial charge in [-0.15, -0.1) is 0 Å². The summed E-state index contributed by atoms with van der Waals surface area (Å²) < 4.78 is 50.4. The highest BCUT2D eigenvalue weighted by Crippen LogP contribution is 2.14. The minimum absolute atomic E-state index is 0.0956. The van der Waals surface area contributed by atoms with Crippen LogP contribution in [0.25, 0.3) is 0 Å². The van der Waals surface area contributed by atoms with Crippen molar-refractivity contribution in [1.82, 2.24) is 4.72 Å². The van der Waals surface area contributed by atoms with Crippen LogP contribution in [0.4, 0.5) is 0 Å². The third-order valence-corrected chi connectivity index (χ3v) is 6.21. The minimum Gasteiger partial charge on any atom is -0.224 e. The Bertz CT molecular complexity index is 858. The summed E-state index contributed by atoms with van der Waals surface area (Å²) in [7, 11) is -6.83. The lowest BCUT2D eigenvalue weighted by Crippen LogP contribution is -2.23. The van der Waals surface area contributed by atoms with Crippen molar-refractivity contribution in [2.45, 2.75) is 16.3 Å². The maximum absolute atomic E-state index is 12.1. The Morgan fingerprint density at radius 3 is 1.86 bits per heavy atom. The van der Waals surface area contributed by atoms with E-state index in [1.54, 1.807) is 24.3 Å². The molecule has 22 heavy (non-hydrogen) atoms. The van der Waals surface area contributed by atoms with E-state index in [1.165, 1.54) is 24.3 Å². The summed E-state index contributed by atoms with van der Waals surface area (Å²) in [4.78, 5) is 0.400. The molecule has 5 nitrogen and oxygen atoms in total. The molecule has 0 unspecified atom stereocenters. The first kappa shape index (κ1) is 17.4. The molecule has 0 spiro atoms. The lowest BCUT2D eigenvalue weighted by atomic mass is 10.2. The Balaban J connectivity index is 2.10. The van der Waals surface area contributed by atoms with Crippen LogP contribution in [0.2, 0.25) is 0 Å². The molecule has 0 atom stereocenters. The van der Waals surface area contributed by atoms with Gasteiger partial charge >= 0.3 is 0 Å². The second-order valence-corrected chi connectivity index (χ2v) is 9.72. The number of nitrogens with one attached hydrogen (secondary N) is 1. The number of hydrogen-bond donors (Lipinski definition) is 1. The van der Waals surface area contributed by atoms with Gasteiger partial charge in [-0.05, 0) is 64.6 Å². The Kier molecular flexibility index (Phi) is 5.25. The van der Waals surface area contributed by atoms with Gasteiger partial charge in [-0.25, -0.2) is 21.6 Å². The van der Waals surface area contributed by atoms with Crippen molar-refractivity contribution in [3.05, 3.63) is 57.7 Å². The van der Waals surface area contributed by atoms with Gasteiger partial charge < -0.3 is 0 Å². The van der Waals surface area contributed by atoms with Crippen LogP contribution in [0.15, 0.2) is 58.3 Å². The first-order chi connectivity index (χ1) is 10.2. The summed E-state index contributed by atoms with van der Waals surface area (Å²) in [5.41, 5.74) is 0.682. The lowest BCUT2D eigenvalue weighted by Gasteiger charge is -2.07. The Morgan fingerprint density at radius 2 is 1.36 bits per heavy atom. The van der Waals surface area contributed by atoms with Gasteiger partial charge in [0.1, 0.15) is 0 Å². The van der Waals surface area contributed by atoms with Gasteiger partial charge in [-0.1, -0.05) is 12.1 Å². The smallest absolute Gasteiger partial charge is 0.224 e. The van der Waals surface area contributed by atoms with Crippen molar-refractivity contribution < 1.29 is 16.8 Å². The summed E-state index contributed by atoms with van der Waals surface area (Å²) in [6.45, 7) is 0.0956. The SMILES string of the molecule is CS(=O)(=O)c1ccc(CNS(=O)(=O)c2ccc(I)cc2)cc1. The molecule has 0 saturated heterocycles. The first-order valence-corrected chi connectivity index (χ1v) is 10.7. The zero-order chi connectivity index (χ0) is 16.4. The molecule has 0 aliphatic carbocycles. The van der Waals surface area contributed by atoms with E-state index in [0.717, 1.165) is 9.83 Å².